The SMILES string of the molecule is ON=Cc1cc2cc(Br)ccc2[nH]1. The Bertz CT molecular complexity index is 462. The molecule has 0 unspecified atom stereocenters. The number of hydrogen-bond acceptors (Lipinski definition) is 2. The highest BCUT2D eigenvalue weighted by Gasteiger charge is 1.98. The van der Waals surface area contributed by atoms with E-state index in [0.29, 0.717) is 0 Å². The number of aromatic amines is 1. The van der Waals surface area contributed by atoms with E-state index in [9.17, 15) is 0 Å². The van der Waals surface area contributed by atoms with Crippen LogP contribution in [0.25, 0.3) is 10.9 Å². The summed E-state index contributed by atoms with van der Waals surface area (Å²) in [5.41, 5.74) is 1.81. The van der Waals surface area contributed by atoms with E-state index < -0.39 is 0 Å². The predicted octanol–water partition coefficient (Wildman–Crippen LogP) is 2.74. The second-order valence-electron chi connectivity index (χ2n) is 2.70. The molecule has 66 valence electrons. The van der Waals surface area contributed by atoms with Gasteiger partial charge in [0.2, 0.25) is 0 Å². The maximum atomic E-state index is 8.34. The summed E-state index contributed by atoms with van der Waals surface area (Å²) in [6.07, 6.45) is 1.37. The molecule has 0 saturated heterocycles. The fraction of sp³-hybridized carbons (Fsp3) is 0. The van der Waals surface area contributed by atoms with Crippen LogP contribution in [0.4, 0.5) is 0 Å². The minimum atomic E-state index is 0.788. The third-order valence-electron chi connectivity index (χ3n) is 1.80. The summed E-state index contributed by atoms with van der Waals surface area (Å²) in [5.74, 6) is 0. The van der Waals surface area contributed by atoms with E-state index >= 15 is 0 Å². The van der Waals surface area contributed by atoms with Gasteiger partial charge in [-0.1, -0.05) is 21.1 Å². The van der Waals surface area contributed by atoms with Gasteiger partial charge in [-0.15, -0.1) is 0 Å². The molecule has 0 aliphatic carbocycles. The number of aromatic nitrogens is 1. The fourth-order valence-corrected chi connectivity index (χ4v) is 1.64. The van der Waals surface area contributed by atoms with Crippen LogP contribution in [0.1, 0.15) is 5.69 Å². The fourth-order valence-electron chi connectivity index (χ4n) is 1.26. The number of rotatable bonds is 1. The maximum absolute atomic E-state index is 8.34. The summed E-state index contributed by atoms with van der Waals surface area (Å²) >= 11 is 3.38. The number of fused-ring (bicyclic) bond motifs is 1. The van der Waals surface area contributed by atoms with Gasteiger partial charge in [-0.05, 0) is 24.3 Å². The lowest BCUT2D eigenvalue weighted by Crippen LogP contribution is -1.77. The lowest BCUT2D eigenvalue weighted by Gasteiger charge is -1.89. The summed E-state index contributed by atoms with van der Waals surface area (Å²) in [6.45, 7) is 0. The molecule has 2 aromatic rings. The number of oxime groups is 1. The lowest BCUT2D eigenvalue weighted by atomic mass is 10.2. The molecule has 0 saturated carbocycles. The van der Waals surface area contributed by atoms with E-state index in [1.54, 1.807) is 0 Å². The van der Waals surface area contributed by atoms with E-state index in [1.807, 2.05) is 24.3 Å². The van der Waals surface area contributed by atoms with Gasteiger partial charge < -0.3 is 10.2 Å². The van der Waals surface area contributed by atoms with Crippen LogP contribution >= 0.6 is 15.9 Å². The van der Waals surface area contributed by atoms with Gasteiger partial charge in [0, 0.05) is 15.4 Å². The monoisotopic (exact) mass is 238 g/mol. The van der Waals surface area contributed by atoms with Gasteiger partial charge in [-0.2, -0.15) is 0 Å². The Morgan fingerprint density at radius 1 is 1.38 bits per heavy atom. The molecule has 0 radical (unpaired) electrons. The number of nitrogens with zero attached hydrogens (tertiary/aromatic N) is 1. The molecular formula is C9H7BrN2O. The molecule has 13 heavy (non-hydrogen) atoms. The van der Waals surface area contributed by atoms with Gasteiger partial charge in [-0.3, -0.25) is 0 Å². The van der Waals surface area contributed by atoms with Crippen molar-refractivity contribution in [3.63, 3.8) is 0 Å². The summed E-state index contributed by atoms with van der Waals surface area (Å²) < 4.78 is 1.03. The van der Waals surface area contributed by atoms with Gasteiger partial charge in [0.15, 0.2) is 0 Å². The molecule has 4 heteroatoms. The zero-order chi connectivity index (χ0) is 9.26. The van der Waals surface area contributed by atoms with Gasteiger partial charge >= 0.3 is 0 Å². The largest absolute Gasteiger partial charge is 0.411 e. The molecule has 0 atom stereocenters. The molecule has 0 fully saturated rings. The van der Waals surface area contributed by atoms with Crippen molar-refractivity contribution in [3.8, 4) is 0 Å². The second kappa shape index (κ2) is 3.22. The molecule has 0 aliphatic rings. The molecule has 0 bridgehead atoms. The van der Waals surface area contributed by atoms with Crippen molar-refractivity contribution in [1.29, 1.82) is 0 Å². The van der Waals surface area contributed by atoms with Gasteiger partial charge in [0.1, 0.15) is 0 Å². The maximum Gasteiger partial charge on any atom is 0.0896 e. The smallest absolute Gasteiger partial charge is 0.0896 e. The summed E-state index contributed by atoms with van der Waals surface area (Å²) in [5, 5.41) is 12.4. The third-order valence-corrected chi connectivity index (χ3v) is 2.29. The first kappa shape index (κ1) is 8.31. The van der Waals surface area contributed by atoms with Crippen molar-refractivity contribution >= 4 is 33.0 Å². The molecule has 0 amide bonds. The normalized spacial score (nSPS) is 11.5. The number of hydrogen-bond donors (Lipinski definition) is 2. The van der Waals surface area contributed by atoms with Crippen LogP contribution in [0, 0.1) is 0 Å². The van der Waals surface area contributed by atoms with Crippen LogP contribution in [0.15, 0.2) is 33.9 Å². The first-order valence-corrected chi connectivity index (χ1v) is 4.54. The van der Waals surface area contributed by atoms with Crippen LogP contribution in [0.2, 0.25) is 0 Å². The minimum absolute atomic E-state index is 0.788. The van der Waals surface area contributed by atoms with E-state index in [0.717, 1.165) is 21.1 Å². The Hall–Kier alpha value is -1.29. The molecular weight excluding hydrogens is 232 g/mol. The number of nitrogens with one attached hydrogen (secondary N) is 1. The number of benzene rings is 1. The molecule has 3 nitrogen and oxygen atoms in total. The van der Waals surface area contributed by atoms with Gasteiger partial charge in [0.25, 0.3) is 0 Å². The van der Waals surface area contributed by atoms with Crippen molar-refractivity contribution in [2.75, 3.05) is 0 Å². The van der Waals surface area contributed by atoms with E-state index in [2.05, 4.69) is 26.1 Å². The first-order chi connectivity index (χ1) is 6.29. The first-order valence-electron chi connectivity index (χ1n) is 3.75. The number of halogens is 1. The lowest BCUT2D eigenvalue weighted by molar-refractivity contribution is 0.321. The zero-order valence-electron chi connectivity index (χ0n) is 6.66. The summed E-state index contributed by atoms with van der Waals surface area (Å²) in [7, 11) is 0. The summed E-state index contributed by atoms with van der Waals surface area (Å²) in [6, 6.07) is 7.84. The zero-order valence-corrected chi connectivity index (χ0v) is 8.25. The molecule has 0 spiro atoms. The van der Waals surface area contributed by atoms with Gasteiger partial charge in [0.05, 0.1) is 11.9 Å². The average molecular weight is 239 g/mol. The quantitative estimate of drug-likeness (QED) is 0.448. The van der Waals surface area contributed by atoms with Crippen molar-refractivity contribution in [2.24, 2.45) is 5.16 Å². The highest BCUT2D eigenvalue weighted by atomic mass is 79.9. The Balaban J connectivity index is 2.62. The van der Waals surface area contributed by atoms with Crippen LogP contribution in [0.3, 0.4) is 0 Å². The van der Waals surface area contributed by atoms with E-state index in [1.165, 1.54) is 6.21 Å². The molecule has 2 N–H and O–H groups in total. The number of H-pyrrole nitrogens is 1. The van der Waals surface area contributed by atoms with Crippen LogP contribution in [-0.4, -0.2) is 16.4 Å². The van der Waals surface area contributed by atoms with E-state index in [-0.39, 0.29) is 0 Å². The van der Waals surface area contributed by atoms with Crippen molar-refractivity contribution in [3.05, 3.63) is 34.4 Å². The van der Waals surface area contributed by atoms with E-state index in [4.69, 9.17) is 5.21 Å². The Morgan fingerprint density at radius 3 is 3.00 bits per heavy atom. The molecule has 2 rings (SSSR count). The topological polar surface area (TPSA) is 48.4 Å². The second-order valence-corrected chi connectivity index (χ2v) is 3.62. The van der Waals surface area contributed by atoms with Crippen LogP contribution in [0.5, 0.6) is 0 Å². The molecule has 1 heterocycles. The standard InChI is InChI=1S/C9H7BrN2O/c10-7-1-2-9-6(3-7)4-8(12-9)5-11-13/h1-5,12-13H. The Morgan fingerprint density at radius 2 is 2.23 bits per heavy atom. The van der Waals surface area contributed by atoms with Crippen LogP contribution in [-0.2, 0) is 0 Å². The van der Waals surface area contributed by atoms with Crippen molar-refractivity contribution in [2.45, 2.75) is 0 Å². The minimum Gasteiger partial charge on any atom is -0.411 e. The van der Waals surface area contributed by atoms with Gasteiger partial charge in [-0.25, -0.2) is 0 Å². The van der Waals surface area contributed by atoms with Crippen molar-refractivity contribution < 1.29 is 5.21 Å². The Kier molecular flexibility index (Phi) is 2.06. The summed E-state index contributed by atoms with van der Waals surface area (Å²) in [4.78, 5) is 3.09. The molecule has 0 aliphatic heterocycles. The van der Waals surface area contributed by atoms with Crippen molar-refractivity contribution in [1.82, 2.24) is 4.98 Å². The highest BCUT2D eigenvalue weighted by molar-refractivity contribution is 9.10. The molecule has 1 aromatic carbocycles. The van der Waals surface area contributed by atoms with Crippen LogP contribution < -0.4 is 0 Å². The highest BCUT2D eigenvalue weighted by Crippen LogP contribution is 2.19. The molecule has 1 aromatic heterocycles. The third kappa shape index (κ3) is 1.58. The average Bonchev–Trinajstić information content (AvgIpc) is 2.46. The Labute approximate surface area is 83.2 Å². The predicted molar refractivity (Wildman–Crippen MR) is 55.4 cm³/mol.